The largest absolute Gasteiger partial charge is 0.481 e. The van der Waals surface area contributed by atoms with E-state index in [-0.39, 0.29) is 6.42 Å². The van der Waals surface area contributed by atoms with Crippen LogP contribution in [0.1, 0.15) is 18.1 Å². The fourth-order valence-corrected chi connectivity index (χ4v) is 4.39. The standard InChI is InChI=1S/C20H23ClN2O2S/c1-15-13-22(9-10-23(15)26-19-5-3-2-4-6-19)14-17-11-18(21)8-7-16(17)12-20(24)25/h2-8,11,15H,9-10,12-14H2,1H3,(H,24,25). The number of aliphatic carboxylic acids is 1. The lowest BCUT2D eigenvalue weighted by Gasteiger charge is -2.39. The summed E-state index contributed by atoms with van der Waals surface area (Å²) in [7, 11) is 0. The first-order valence-electron chi connectivity index (χ1n) is 8.72. The Kier molecular flexibility index (Phi) is 6.59. The second-order valence-corrected chi connectivity index (χ2v) is 8.17. The third kappa shape index (κ3) is 5.24. The maximum atomic E-state index is 11.1. The van der Waals surface area contributed by atoms with Gasteiger partial charge in [0.15, 0.2) is 0 Å². The number of benzene rings is 2. The molecule has 1 saturated heterocycles. The first-order valence-corrected chi connectivity index (χ1v) is 9.87. The van der Waals surface area contributed by atoms with E-state index >= 15 is 0 Å². The number of hydrogen-bond donors (Lipinski definition) is 1. The van der Waals surface area contributed by atoms with Gasteiger partial charge in [0.2, 0.25) is 0 Å². The molecule has 1 heterocycles. The maximum Gasteiger partial charge on any atom is 0.307 e. The van der Waals surface area contributed by atoms with E-state index in [1.807, 2.05) is 18.2 Å². The smallest absolute Gasteiger partial charge is 0.307 e. The zero-order valence-corrected chi connectivity index (χ0v) is 16.3. The van der Waals surface area contributed by atoms with E-state index in [1.165, 1.54) is 4.90 Å². The topological polar surface area (TPSA) is 43.8 Å². The maximum absolute atomic E-state index is 11.1. The third-order valence-corrected chi connectivity index (χ3v) is 6.02. The summed E-state index contributed by atoms with van der Waals surface area (Å²) < 4.78 is 2.42. The summed E-state index contributed by atoms with van der Waals surface area (Å²) in [5.41, 5.74) is 1.85. The SMILES string of the molecule is CC1CN(Cc2cc(Cl)ccc2CC(=O)O)CCN1Sc1ccccc1. The minimum absolute atomic E-state index is 0.0336. The summed E-state index contributed by atoms with van der Waals surface area (Å²) in [6.45, 7) is 5.83. The van der Waals surface area contributed by atoms with E-state index in [2.05, 4.69) is 40.4 Å². The van der Waals surface area contributed by atoms with Crippen molar-refractivity contribution in [2.45, 2.75) is 30.8 Å². The summed E-state index contributed by atoms with van der Waals surface area (Å²) in [4.78, 5) is 14.7. The van der Waals surface area contributed by atoms with Crippen molar-refractivity contribution in [2.75, 3.05) is 19.6 Å². The predicted octanol–water partition coefficient (Wildman–Crippen LogP) is 4.18. The highest BCUT2D eigenvalue weighted by Crippen LogP contribution is 2.28. The number of nitrogens with zero attached hydrogens (tertiary/aromatic N) is 2. The number of hydrogen-bond acceptors (Lipinski definition) is 4. The first kappa shape index (κ1) is 19.2. The molecule has 4 nitrogen and oxygen atoms in total. The van der Waals surface area contributed by atoms with Gasteiger partial charge in [-0.3, -0.25) is 9.69 Å². The molecule has 138 valence electrons. The van der Waals surface area contributed by atoms with Gasteiger partial charge >= 0.3 is 5.97 Å². The molecule has 1 N–H and O–H groups in total. The van der Waals surface area contributed by atoms with Crippen molar-refractivity contribution in [2.24, 2.45) is 0 Å². The molecule has 0 amide bonds. The van der Waals surface area contributed by atoms with Gasteiger partial charge < -0.3 is 5.11 Å². The highest BCUT2D eigenvalue weighted by atomic mass is 35.5. The van der Waals surface area contributed by atoms with E-state index in [4.69, 9.17) is 16.7 Å². The Morgan fingerprint density at radius 2 is 1.96 bits per heavy atom. The second-order valence-electron chi connectivity index (χ2n) is 6.61. The summed E-state index contributed by atoms with van der Waals surface area (Å²) in [6, 6.07) is 16.3. The monoisotopic (exact) mass is 390 g/mol. The average Bonchev–Trinajstić information content (AvgIpc) is 2.60. The Labute approximate surface area is 163 Å². The summed E-state index contributed by atoms with van der Waals surface area (Å²) in [5, 5.41) is 9.78. The molecule has 6 heteroatoms. The molecular weight excluding hydrogens is 368 g/mol. The molecule has 1 aliphatic heterocycles. The molecule has 3 rings (SSSR count). The molecule has 1 aliphatic rings. The first-order chi connectivity index (χ1) is 12.5. The van der Waals surface area contributed by atoms with Crippen molar-refractivity contribution >= 4 is 29.5 Å². The van der Waals surface area contributed by atoms with Crippen molar-refractivity contribution in [3.05, 3.63) is 64.7 Å². The number of carbonyl (C=O) groups is 1. The Hall–Kier alpha value is -1.53. The van der Waals surface area contributed by atoms with Crippen molar-refractivity contribution in [3.63, 3.8) is 0 Å². The molecule has 0 spiro atoms. The average molecular weight is 391 g/mol. The normalized spacial score (nSPS) is 18.8. The fraction of sp³-hybridized carbons (Fsp3) is 0.350. The molecule has 26 heavy (non-hydrogen) atoms. The Morgan fingerprint density at radius 3 is 2.65 bits per heavy atom. The molecule has 1 fully saturated rings. The van der Waals surface area contributed by atoms with E-state index < -0.39 is 5.97 Å². The molecule has 1 atom stereocenters. The molecule has 0 saturated carbocycles. The van der Waals surface area contributed by atoms with E-state index in [9.17, 15) is 4.79 Å². The van der Waals surface area contributed by atoms with Gasteiger partial charge in [0, 0.05) is 42.1 Å². The van der Waals surface area contributed by atoms with Gasteiger partial charge in [-0.1, -0.05) is 35.9 Å². The van der Waals surface area contributed by atoms with Crippen LogP contribution >= 0.6 is 23.5 Å². The predicted molar refractivity (Wildman–Crippen MR) is 107 cm³/mol. The van der Waals surface area contributed by atoms with E-state index in [0.29, 0.717) is 11.1 Å². The molecule has 0 radical (unpaired) electrons. The number of carboxylic acid groups (broad SMARTS) is 1. The molecule has 2 aromatic rings. The van der Waals surface area contributed by atoms with Crippen molar-refractivity contribution in [3.8, 4) is 0 Å². The van der Waals surface area contributed by atoms with E-state index in [1.54, 1.807) is 18.0 Å². The highest BCUT2D eigenvalue weighted by molar-refractivity contribution is 7.97. The number of halogens is 1. The van der Waals surface area contributed by atoms with Gasteiger partial charge in [-0.15, -0.1) is 0 Å². The molecule has 0 aromatic heterocycles. The lowest BCUT2D eigenvalue weighted by molar-refractivity contribution is -0.136. The molecule has 0 bridgehead atoms. The van der Waals surface area contributed by atoms with Crippen LogP contribution < -0.4 is 0 Å². The fourth-order valence-electron chi connectivity index (χ4n) is 3.23. The van der Waals surface area contributed by atoms with Crippen LogP contribution in [0.4, 0.5) is 0 Å². The highest BCUT2D eigenvalue weighted by Gasteiger charge is 2.25. The number of carboxylic acids is 1. The van der Waals surface area contributed by atoms with Gasteiger partial charge in [-0.2, -0.15) is 0 Å². The van der Waals surface area contributed by atoms with Crippen molar-refractivity contribution in [1.29, 1.82) is 0 Å². The minimum Gasteiger partial charge on any atom is -0.481 e. The van der Waals surface area contributed by atoms with E-state index in [0.717, 1.165) is 37.3 Å². The number of rotatable bonds is 6. The van der Waals surface area contributed by atoms with Crippen LogP contribution in [-0.4, -0.2) is 46.0 Å². The van der Waals surface area contributed by atoms with Gasteiger partial charge in [0.25, 0.3) is 0 Å². The van der Waals surface area contributed by atoms with Crippen LogP contribution in [0.15, 0.2) is 53.4 Å². The molecule has 0 aliphatic carbocycles. The summed E-state index contributed by atoms with van der Waals surface area (Å²) in [5.74, 6) is -0.814. The molecule has 2 aromatic carbocycles. The van der Waals surface area contributed by atoms with Gasteiger partial charge in [-0.05, 0) is 54.3 Å². The van der Waals surface area contributed by atoms with Crippen LogP contribution in [0.25, 0.3) is 0 Å². The van der Waals surface area contributed by atoms with Crippen molar-refractivity contribution < 1.29 is 9.90 Å². The quantitative estimate of drug-likeness (QED) is 0.749. The van der Waals surface area contributed by atoms with Crippen LogP contribution in [0.3, 0.4) is 0 Å². The van der Waals surface area contributed by atoms with Gasteiger partial charge in [0.1, 0.15) is 0 Å². The molecular formula is C20H23ClN2O2S. The zero-order valence-electron chi connectivity index (χ0n) is 14.8. The van der Waals surface area contributed by atoms with Crippen LogP contribution in [0, 0.1) is 0 Å². The van der Waals surface area contributed by atoms with Gasteiger partial charge in [-0.25, -0.2) is 4.31 Å². The minimum atomic E-state index is -0.814. The van der Waals surface area contributed by atoms with Crippen molar-refractivity contribution in [1.82, 2.24) is 9.21 Å². The zero-order chi connectivity index (χ0) is 18.5. The summed E-state index contributed by atoms with van der Waals surface area (Å²) >= 11 is 7.94. The Bertz CT molecular complexity index is 757. The molecule has 1 unspecified atom stereocenters. The third-order valence-electron chi connectivity index (χ3n) is 4.52. The number of piperazine rings is 1. The lowest BCUT2D eigenvalue weighted by atomic mass is 10.0. The summed E-state index contributed by atoms with van der Waals surface area (Å²) in [6.07, 6.45) is 0.0336. The Morgan fingerprint density at radius 1 is 1.19 bits per heavy atom. The second kappa shape index (κ2) is 8.91. The van der Waals surface area contributed by atoms with Crippen LogP contribution in [0.2, 0.25) is 5.02 Å². The van der Waals surface area contributed by atoms with Gasteiger partial charge in [0.05, 0.1) is 6.42 Å². The lowest BCUT2D eigenvalue weighted by Crippen LogP contribution is -2.48. The van der Waals surface area contributed by atoms with Crippen LogP contribution in [-0.2, 0) is 17.8 Å². The Balaban J connectivity index is 1.63. The van der Waals surface area contributed by atoms with Crippen LogP contribution in [0.5, 0.6) is 0 Å².